The average Bonchev–Trinajstić information content (AvgIpc) is 2.22. The molecule has 4 heteroatoms. The first-order valence-corrected chi connectivity index (χ1v) is 6.04. The maximum Gasteiger partial charge on any atom is 0.132 e. The second kappa shape index (κ2) is 6.16. The molecule has 0 aliphatic rings. The molecule has 0 aliphatic heterocycles. The number of hydrogen-bond acceptors (Lipinski definition) is 3. The van der Waals surface area contributed by atoms with Crippen molar-refractivity contribution in [1.29, 1.82) is 0 Å². The molecule has 0 radical (unpaired) electrons. The Labute approximate surface area is 108 Å². The van der Waals surface area contributed by atoms with Gasteiger partial charge in [0.2, 0.25) is 0 Å². The van der Waals surface area contributed by atoms with E-state index in [1.165, 1.54) is 19.1 Å². The minimum Gasteiger partial charge on any atom is -0.491 e. The van der Waals surface area contributed by atoms with E-state index in [1.807, 2.05) is 20.8 Å². The number of benzene rings is 1. The molecule has 0 aromatic heterocycles. The number of ether oxygens (including phenoxy) is 2. The molecular formula is C14H21FO3. The van der Waals surface area contributed by atoms with Crippen LogP contribution in [0, 0.1) is 5.82 Å². The van der Waals surface area contributed by atoms with Crippen molar-refractivity contribution in [2.75, 3.05) is 13.2 Å². The fourth-order valence-electron chi connectivity index (χ4n) is 1.44. The third-order valence-corrected chi connectivity index (χ3v) is 2.31. The Hall–Kier alpha value is -1.13. The van der Waals surface area contributed by atoms with Crippen molar-refractivity contribution in [3.63, 3.8) is 0 Å². The Kier molecular flexibility index (Phi) is 5.11. The predicted molar refractivity (Wildman–Crippen MR) is 68.2 cm³/mol. The van der Waals surface area contributed by atoms with E-state index in [9.17, 15) is 9.50 Å². The highest BCUT2D eigenvalue weighted by atomic mass is 19.1. The van der Waals surface area contributed by atoms with Crippen LogP contribution >= 0.6 is 0 Å². The SMILES string of the molecule is C[C@@H](O)c1ccc(OCCOC(C)(C)C)cc1F. The summed E-state index contributed by atoms with van der Waals surface area (Å²) >= 11 is 0. The molecule has 1 aromatic rings. The summed E-state index contributed by atoms with van der Waals surface area (Å²) in [6, 6.07) is 4.45. The van der Waals surface area contributed by atoms with Crippen LogP contribution in [-0.4, -0.2) is 23.9 Å². The van der Waals surface area contributed by atoms with Gasteiger partial charge in [-0.05, 0) is 39.8 Å². The van der Waals surface area contributed by atoms with Crippen molar-refractivity contribution in [1.82, 2.24) is 0 Å². The van der Waals surface area contributed by atoms with Gasteiger partial charge in [-0.1, -0.05) is 0 Å². The van der Waals surface area contributed by atoms with Crippen molar-refractivity contribution >= 4 is 0 Å². The Morgan fingerprint density at radius 1 is 1.28 bits per heavy atom. The van der Waals surface area contributed by atoms with Crippen molar-refractivity contribution in [3.8, 4) is 5.75 Å². The van der Waals surface area contributed by atoms with Crippen LogP contribution in [0.3, 0.4) is 0 Å². The third kappa shape index (κ3) is 5.02. The molecule has 3 nitrogen and oxygen atoms in total. The Bertz CT molecular complexity index is 383. The van der Waals surface area contributed by atoms with Crippen LogP contribution in [0.25, 0.3) is 0 Å². The van der Waals surface area contributed by atoms with Crippen LogP contribution < -0.4 is 4.74 Å². The molecule has 1 rings (SSSR count). The van der Waals surface area contributed by atoms with Gasteiger partial charge in [-0.25, -0.2) is 4.39 Å². The van der Waals surface area contributed by atoms with Gasteiger partial charge in [0.1, 0.15) is 18.2 Å². The van der Waals surface area contributed by atoms with E-state index >= 15 is 0 Å². The standard InChI is InChI=1S/C14H21FO3/c1-10(16)12-6-5-11(9-13(12)15)17-7-8-18-14(2,3)4/h5-6,9-10,16H,7-8H2,1-4H3/t10-/m1/s1. The Morgan fingerprint density at radius 2 is 1.94 bits per heavy atom. The average molecular weight is 256 g/mol. The van der Waals surface area contributed by atoms with Gasteiger partial charge in [-0.15, -0.1) is 0 Å². The van der Waals surface area contributed by atoms with Crippen LogP contribution in [-0.2, 0) is 4.74 Å². The lowest BCUT2D eigenvalue weighted by Gasteiger charge is -2.19. The zero-order chi connectivity index (χ0) is 13.8. The minimum atomic E-state index is -0.816. The quantitative estimate of drug-likeness (QED) is 0.823. The van der Waals surface area contributed by atoms with E-state index in [4.69, 9.17) is 9.47 Å². The molecule has 18 heavy (non-hydrogen) atoms. The summed E-state index contributed by atoms with van der Waals surface area (Å²) < 4.78 is 24.4. The molecule has 1 aromatic carbocycles. The smallest absolute Gasteiger partial charge is 0.132 e. The van der Waals surface area contributed by atoms with Gasteiger partial charge in [-0.2, -0.15) is 0 Å². The van der Waals surface area contributed by atoms with E-state index in [0.717, 1.165) is 0 Å². The summed E-state index contributed by atoms with van der Waals surface area (Å²) in [5.74, 6) is -0.0198. The second-order valence-corrected chi connectivity index (χ2v) is 5.17. The summed E-state index contributed by atoms with van der Waals surface area (Å²) in [6.45, 7) is 8.22. The monoisotopic (exact) mass is 256 g/mol. The molecule has 1 atom stereocenters. The Balaban J connectivity index is 2.47. The third-order valence-electron chi connectivity index (χ3n) is 2.31. The molecule has 0 aliphatic carbocycles. The summed E-state index contributed by atoms with van der Waals surface area (Å²) in [4.78, 5) is 0. The molecule has 0 bridgehead atoms. The number of rotatable bonds is 5. The molecule has 0 amide bonds. The lowest BCUT2D eigenvalue weighted by Crippen LogP contribution is -2.22. The van der Waals surface area contributed by atoms with E-state index in [0.29, 0.717) is 19.0 Å². The number of hydrogen-bond donors (Lipinski definition) is 1. The zero-order valence-electron chi connectivity index (χ0n) is 11.4. The summed E-state index contributed by atoms with van der Waals surface area (Å²) in [6.07, 6.45) is -0.816. The lowest BCUT2D eigenvalue weighted by molar-refractivity contribution is -0.0163. The molecule has 0 spiro atoms. The van der Waals surface area contributed by atoms with Gasteiger partial charge in [0.05, 0.1) is 18.3 Å². The highest BCUT2D eigenvalue weighted by molar-refractivity contribution is 5.29. The van der Waals surface area contributed by atoms with Gasteiger partial charge < -0.3 is 14.6 Å². The molecule has 0 saturated heterocycles. The van der Waals surface area contributed by atoms with Gasteiger partial charge in [0.25, 0.3) is 0 Å². The second-order valence-electron chi connectivity index (χ2n) is 5.17. The van der Waals surface area contributed by atoms with Crippen molar-refractivity contribution in [2.24, 2.45) is 0 Å². The molecular weight excluding hydrogens is 235 g/mol. The molecule has 0 heterocycles. The summed E-state index contributed by atoms with van der Waals surface area (Å²) in [5, 5.41) is 9.30. The van der Waals surface area contributed by atoms with Gasteiger partial charge in [0.15, 0.2) is 0 Å². The highest BCUT2D eigenvalue weighted by Crippen LogP contribution is 2.21. The maximum atomic E-state index is 13.5. The van der Waals surface area contributed by atoms with Crippen molar-refractivity contribution in [3.05, 3.63) is 29.6 Å². The lowest BCUT2D eigenvalue weighted by atomic mass is 10.1. The fourth-order valence-corrected chi connectivity index (χ4v) is 1.44. The molecule has 0 saturated carbocycles. The van der Waals surface area contributed by atoms with E-state index in [-0.39, 0.29) is 11.2 Å². The van der Waals surface area contributed by atoms with Gasteiger partial charge in [-0.3, -0.25) is 0 Å². The van der Waals surface area contributed by atoms with Crippen LogP contribution in [0.1, 0.15) is 39.4 Å². The number of halogens is 1. The zero-order valence-corrected chi connectivity index (χ0v) is 11.4. The van der Waals surface area contributed by atoms with E-state index in [1.54, 1.807) is 6.07 Å². The largest absolute Gasteiger partial charge is 0.491 e. The molecule has 0 unspecified atom stereocenters. The van der Waals surface area contributed by atoms with Crippen molar-refractivity contribution in [2.45, 2.75) is 39.4 Å². The molecule has 102 valence electrons. The Morgan fingerprint density at radius 3 is 2.44 bits per heavy atom. The maximum absolute atomic E-state index is 13.5. The first kappa shape index (κ1) is 14.9. The van der Waals surface area contributed by atoms with Crippen LogP contribution in [0.5, 0.6) is 5.75 Å². The number of aliphatic hydroxyl groups excluding tert-OH is 1. The first-order chi connectivity index (χ1) is 8.29. The topological polar surface area (TPSA) is 38.7 Å². The van der Waals surface area contributed by atoms with Crippen molar-refractivity contribution < 1.29 is 19.0 Å². The molecule has 0 fully saturated rings. The normalized spacial score (nSPS) is 13.4. The first-order valence-electron chi connectivity index (χ1n) is 6.04. The van der Waals surface area contributed by atoms with Crippen LogP contribution in [0.2, 0.25) is 0 Å². The summed E-state index contributed by atoms with van der Waals surface area (Å²) in [5.41, 5.74) is 0.0680. The minimum absolute atomic E-state index is 0.204. The molecule has 1 N–H and O–H groups in total. The highest BCUT2D eigenvalue weighted by Gasteiger charge is 2.11. The van der Waals surface area contributed by atoms with Crippen LogP contribution in [0.4, 0.5) is 4.39 Å². The van der Waals surface area contributed by atoms with Gasteiger partial charge in [0, 0.05) is 11.6 Å². The van der Waals surface area contributed by atoms with Gasteiger partial charge >= 0.3 is 0 Å². The predicted octanol–water partition coefficient (Wildman–Crippen LogP) is 3.07. The fraction of sp³-hybridized carbons (Fsp3) is 0.571. The van der Waals surface area contributed by atoms with E-state index in [2.05, 4.69) is 0 Å². The number of aliphatic hydroxyl groups is 1. The van der Waals surface area contributed by atoms with E-state index < -0.39 is 11.9 Å². The van der Waals surface area contributed by atoms with Crippen LogP contribution in [0.15, 0.2) is 18.2 Å². The summed E-state index contributed by atoms with van der Waals surface area (Å²) in [7, 11) is 0.